The van der Waals surface area contributed by atoms with E-state index in [2.05, 4.69) is 15.6 Å². The van der Waals surface area contributed by atoms with Gasteiger partial charge in [-0.15, -0.1) is 4.99 Å². The molecular formula is C13H21N3O3. The minimum absolute atomic E-state index is 0.0111. The molecular weight excluding hydrogens is 246 g/mol. The summed E-state index contributed by atoms with van der Waals surface area (Å²) in [5, 5.41) is 5.33. The summed E-state index contributed by atoms with van der Waals surface area (Å²) in [6, 6.07) is -0.229. The minimum atomic E-state index is -0.554. The average molecular weight is 267 g/mol. The Kier molecular flexibility index (Phi) is 4.39. The van der Waals surface area contributed by atoms with E-state index >= 15 is 0 Å². The third-order valence-electron chi connectivity index (χ3n) is 3.47. The molecule has 1 saturated carbocycles. The van der Waals surface area contributed by atoms with E-state index in [1.54, 1.807) is 0 Å². The molecule has 1 aliphatic heterocycles. The number of hydrogen-bond donors (Lipinski definition) is 2. The zero-order valence-corrected chi connectivity index (χ0v) is 11.4. The van der Waals surface area contributed by atoms with Gasteiger partial charge in [-0.05, 0) is 18.8 Å². The van der Waals surface area contributed by atoms with Gasteiger partial charge in [0.05, 0.1) is 0 Å². The van der Waals surface area contributed by atoms with Crippen LogP contribution in [0.4, 0.5) is 4.79 Å². The molecule has 6 heteroatoms. The first-order valence-corrected chi connectivity index (χ1v) is 6.93. The number of urea groups is 1. The van der Waals surface area contributed by atoms with Gasteiger partial charge in [0.1, 0.15) is 0 Å². The highest BCUT2D eigenvalue weighted by atomic mass is 16.5. The van der Waals surface area contributed by atoms with Crippen LogP contribution >= 0.6 is 0 Å². The molecule has 2 fully saturated rings. The molecule has 0 spiro atoms. The van der Waals surface area contributed by atoms with Crippen molar-refractivity contribution in [2.24, 2.45) is 10.9 Å². The number of amidine groups is 1. The lowest BCUT2D eigenvalue weighted by molar-refractivity contribution is -0.124. The molecule has 1 atom stereocenters. The van der Waals surface area contributed by atoms with Crippen molar-refractivity contribution in [1.29, 1.82) is 0 Å². The highest BCUT2D eigenvalue weighted by Gasteiger charge is 2.33. The van der Waals surface area contributed by atoms with Gasteiger partial charge in [-0.25, -0.2) is 4.79 Å². The molecule has 0 unspecified atom stereocenters. The Morgan fingerprint density at radius 1 is 1.37 bits per heavy atom. The maximum atomic E-state index is 11.7. The maximum Gasteiger partial charge on any atom is 0.345 e. The fraction of sp³-hybridized carbons (Fsp3) is 0.769. The lowest BCUT2D eigenvalue weighted by atomic mass is 9.96. The van der Waals surface area contributed by atoms with Gasteiger partial charge in [0.25, 0.3) is 5.91 Å². The van der Waals surface area contributed by atoms with Gasteiger partial charge in [0, 0.05) is 6.04 Å². The molecule has 1 heterocycles. The smallest absolute Gasteiger partial charge is 0.345 e. The second kappa shape index (κ2) is 6.04. The van der Waals surface area contributed by atoms with E-state index in [-0.39, 0.29) is 23.9 Å². The van der Waals surface area contributed by atoms with Gasteiger partial charge < -0.3 is 10.1 Å². The first-order valence-electron chi connectivity index (χ1n) is 6.93. The number of carbonyl (C=O) groups excluding carboxylic acids is 2. The van der Waals surface area contributed by atoms with E-state index < -0.39 is 12.1 Å². The second-order valence-electron chi connectivity index (χ2n) is 5.47. The summed E-state index contributed by atoms with van der Waals surface area (Å²) in [6.07, 6.45) is 4.96. The van der Waals surface area contributed by atoms with Crippen LogP contribution in [0.2, 0.25) is 0 Å². The number of ether oxygens (including phenoxy) is 1. The normalized spacial score (nSPS) is 26.4. The van der Waals surface area contributed by atoms with Crippen LogP contribution in [0, 0.1) is 5.92 Å². The monoisotopic (exact) mass is 267 g/mol. The summed E-state index contributed by atoms with van der Waals surface area (Å²) in [6.45, 7) is 3.77. The van der Waals surface area contributed by atoms with E-state index in [0.29, 0.717) is 0 Å². The van der Waals surface area contributed by atoms with Crippen molar-refractivity contribution < 1.29 is 14.3 Å². The van der Waals surface area contributed by atoms with Crippen LogP contribution in [0.3, 0.4) is 0 Å². The molecule has 2 rings (SSSR count). The van der Waals surface area contributed by atoms with E-state index in [4.69, 9.17) is 4.74 Å². The number of carbonyl (C=O) groups is 2. The number of aliphatic imine (C=N–C) groups is 1. The van der Waals surface area contributed by atoms with Crippen LogP contribution in [0.15, 0.2) is 4.99 Å². The van der Waals surface area contributed by atoms with Crippen molar-refractivity contribution in [3.63, 3.8) is 0 Å². The fourth-order valence-corrected chi connectivity index (χ4v) is 2.42. The van der Waals surface area contributed by atoms with Crippen molar-refractivity contribution in [2.45, 2.75) is 58.1 Å². The third kappa shape index (κ3) is 3.68. The summed E-state index contributed by atoms with van der Waals surface area (Å²) >= 11 is 0. The zero-order chi connectivity index (χ0) is 13.8. The van der Waals surface area contributed by atoms with Gasteiger partial charge in [-0.1, -0.05) is 33.1 Å². The number of nitrogens with zero attached hydrogens (tertiary/aromatic N) is 1. The molecule has 2 aliphatic rings. The van der Waals surface area contributed by atoms with Crippen LogP contribution in [-0.2, 0) is 9.53 Å². The Hall–Kier alpha value is -1.59. The van der Waals surface area contributed by atoms with Gasteiger partial charge in [-0.2, -0.15) is 0 Å². The number of rotatable bonds is 2. The van der Waals surface area contributed by atoms with E-state index in [1.807, 2.05) is 13.8 Å². The molecule has 0 aromatic carbocycles. The zero-order valence-electron chi connectivity index (χ0n) is 11.4. The Bertz CT molecular complexity index is 387. The van der Waals surface area contributed by atoms with Crippen molar-refractivity contribution >= 4 is 18.0 Å². The average Bonchev–Trinajstić information content (AvgIpc) is 2.71. The molecule has 1 saturated heterocycles. The molecule has 0 aromatic rings. The second-order valence-corrected chi connectivity index (χ2v) is 5.47. The molecule has 3 amide bonds. The first kappa shape index (κ1) is 13.8. The number of hydrogen-bond acceptors (Lipinski definition) is 3. The molecule has 19 heavy (non-hydrogen) atoms. The summed E-state index contributed by atoms with van der Waals surface area (Å²) in [7, 11) is 0. The minimum Gasteiger partial charge on any atom is -0.451 e. The molecule has 0 radical (unpaired) electrons. The van der Waals surface area contributed by atoms with Crippen molar-refractivity contribution in [1.82, 2.24) is 10.6 Å². The van der Waals surface area contributed by atoms with Crippen LogP contribution < -0.4 is 10.6 Å². The van der Waals surface area contributed by atoms with Crippen LogP contribution in [0.25, 0.3) is 0 Å². The highest BCUT2D eigenvalue weighted by molar-refractivity contribution is 6.05. The molecule has 6 nitrogen and oxygen atoms in total. The van der Waals surface area contributed by atoms with Gasteiger partial charge >= 0.3 is 12.1 Å². The van der Waals surface area contributed by atoms with Crippen LogP contribution in [0.1, 0.15) is 46.0 Å². The molecule has 0 bridgehead atoms. The molecule has 1 aliphatic carbocycles. The fourth-order valence-electron chi connectivity index (χ4n) is 2.42. The predicted octanol–water partition coefficient (Wildman–Crippen LogP) is 1.56. The summed E-state index contributed by atoms with van der Waals surface area (Å²) in [5.74, 6) is -0.187. The summed E-state index contributed by atoms with van der Waals surface area (Å²) in [5.41, 5.74) is 0. The topological polar surface area (TPSA) is 79.8 Å². The summed E-state index contributed by atoms with van der Waals surface area (Å²) in [4.78, 5) is 27.0. The quantitative estimate of drug-likeness (QED) is 0.796. The maximum absolute atomic E-state index is 11.7. The SMILES string of the molecule is CC(C)[C@H]1OC(=NC(=O)NC2CCCCC2)NC1=O. The Morgan fingerprint density at radius 2 is 2.05 bits per heavy atom. The van der Waals surface area contributed by atoms with Gasteiger partial charge in [-0.3, -0.25) is 10.1 Å². The first-order chi connectivity index (χ1) is 9.06. The van der Waals surface area contributed by atoms with Crippen molar-refractivity contribution in [3.8, 4) is 0 Å². The van der Waals surface area contributed by atoms with Gasteiger partial charge in [0.15, 0.2) is 6.10 Å². The molecule has 2 N–H and O–H groups in total. The highest BCUT2D eigenvalue weighted by Crippen LogP contribution is 2.17. The van der Waals surface area contributed by atoms with E-state index in [0.717, 1.165) is 25.7 Å². The van der Waals surface area contributed by atoms with Gasteiger partial charge in [0.2, 0.25) is 0 Å². The standard InChI is InChI=1S/C13H21N3O3/c1-8(2)10-11(17)15-13(19-10)16-12(18)14-9-6-4-3-5-7-9/h8-10H,3-7H2,1-2H3,(H2,14,15,16,17,18)/t10-/m1/s1. The van der Waals surface area contributed by atoms with Crippen LogP contribution in [-0.4, -0.2) is 30.1 Å². The lowest BCUT2D eigenvalue weighted by Gasteiger charge is -2.21. The predicted molar refractivity (Wildman–Crippen MR) is 70.7 cm³/mol. The number of nitrogens with one attached hydrogen (secondary N) is 2. The third-order valence-corrected chi connectivity index (χ3v) is 3.47. The Balaban J connectivity index is 1.87. The Morgan fingerprint density at radius 3 is 2.63 bits per heavy atom. The van der Waals surface area contributed by atoms with Crippen molar-refractivity contribution in [2.75, 3.05) is 0 Å². The summed E-state index contributed by atoms with van der Waals surface area (Å²) < 4.78 is 5.32. The molecule has 0 aromatic heterocycles. The largest absolute Gasteiger partial charge is 0.451 e. The lowest BCUT2D eigenvalue weighted by Crippen LogP contribution is -2.35. The van der Waals surface area contributed by atoms with Crippen molar-refractivity contribution in [3.05, 3.63) is 0 Å². The van der Waals surface area contributed by atoms with E-state index in [1.165, 1.54) is 6.42 Å². The number of amides is 3. The molecule has 106 valence electrons. The van der Waals surface area contributed by atoms with Crippen LogP contribution in [0.5, 0.6) is 0 Å². The Labute approximate surface area is 113 Å². The van der Waals surface area contributed by atoms with E-state index in [9.17, 15) is 9.59 Å².